The number of hydrogen-bond acceptors (Lipinski definition) is 3. The minimum Gasteiger partial charge on any atom is -0.481 e. The van der Waals surface area contributed by atoms with Crippen LogP contribution in [0.1, 0.15) is 17.3 Å². The second-order valence-corrected chi connectivity index (χ2v) is 4.85. The summed E-state index contributed by atoms with van der Waals surface area (Å²) in [5, 5.41) is 0.974. The van der Waals surface area contributed by atoms with E-state index in [9.17, 15) is 4.79 Å². The van der Waals surface area contributed by atoms with E-state index in [1.54, 1.807) is 37.3 Å². The first-order valence-corrected chi connectivity index (χ1v) is 6.39. The summed E-state index contributed by atoms with van der Waals surface area (Å²) < 4.78 is 5.51. The van der Waals surface area contributed by atoms with Crippen LogP contribution < -0.4 is 4.74 Å². The van der Waals surface area contributed by atoms with Crippen LogP contribution in [0.3, 0.4) is 0 Å². The zero-order chi connectivity index (χ0) is 13.8. The van der Waals surface area contributed by atoms with Crippen LogP contribution in [0.5, 0.6) is 5.75 Å². The van der Waals surface area contributed by atoms with Gasteiger partial charge in [0.15, 0.2) is 6.10 Å². The first-order chi connectivity index (χ1) is 9.06. The van der Waals surface area contributed by atoms with Gasteiger partial charge in [0.1, 0.15) is 5.75 Å². The second kappa shape index (κ2) is 6.04. The van der Waals surface area contributed by atoms with Crippen LogP contribution in [-0.4, -0.2) is 16.9 Å². The van der Waals surface area contributed by atoms with Gasteiger partial charge in [0.05, 0.1) is 11.2 Å². The van der Waals surface area contributed by atoms with E-state index in [-0.39, 0.29) is 5.78 Å². The zero-order valence-electron chi connectivity index (χ0n) is 10.1. The molecule has 0 aliphatic carbocycles. The SMILES string of the molecule is CC(Oc1cncc(Cl)c1)C(=O)c1cccc(Cl)c1. The molecule has 5 heteroatoms. The van der Waals surface area contributed by atoms with E-state index in [1.807, 2.05) is 0 Å². The predicted octanol–water partition coefficient (Wildman–Crippen LogP) is 4.04. The van der Waals surface area contributed by atoms with Crippen molar-refractivity contribution in [1.82, 2.24) is 4.98 Å². The van der Waals surface area contributed by atoms with Crippen LogP contribution in [0.25, 0.3) is 0 Å². The molecular formula is C14H11Cl2NO2. The molecule has 3 nitrogen and oxygen atoms in total. The van der Waals surface area contributed by atoms with E-state index in [0.717, 1.165) is 0 Å². The van der Waals surface area contributed by atoms with Crippen molar-refractivity contribution >= 4 is 29.0 Å². The molecule has 0 spiro atoms. The predicted molar refractivity (Wildman–Crippen MR) is 75.1 cm³/mol. The summed E-state index contributed by atoms with van der Waals surface area (Å²) in [4.78, 5) is 16.0. The Balaban J connectivity index is 2.12. The largest absolute Gasteiger partial charge is 0.481 e. The number of ether oxygens (including phenoxy) is 1. The average molecular weight is 296 g/mol. The molecule has 0 amide bonds. The number of pyridine rings is 1. The Morgan fingerprint density at radius 2 is 2.00 bits per heavy atom. The Morgan fingerprint density at radius 3 is 2.68 bits per heavy atom. The maximum absolute atomic E-state index is 12.1. The van der Waals surface area contributed by atoms with Gasteiger partial charge < -0.3 is 4.74 Å². The first kappa shape index (κ1) is 13.8. The number of hydrogen-bond donors (Lipinski definition) is 0. The van der Waals surface area contributed by atoms with Gasteiger partial charge in [-0.15, -0.1) is 0 Å². The fraction of sp³-hybridized carbons (Fsp3) is 0.143. The molecule has 19 heavy (non-hydrogen) atoms. The highest BCUT2D eigenvalue weighted by Gasteiger charge is 2.17. The maximum Gasteiger partial charge on any atom is 0.203 e. The topological polar surface area (TPSA) is 39.2 Å². The zero-order valence-corrected chi connectivity index (χ0v) is 11.7. The molecule has 0 N–H and O–H groups in total. The number of carbonyl (C=O) groups is 1. The third-order valence-electron chi connectivity index (χ3n) is 2.47. The maximum atomic E-state index is 12.1. The van der Waals surface area contributed by atoms with Crippen molar-refractivity contribution in [2.24, 2.45) is 0 Å². The van der Waals surface area contributed by atoms with Crippen molar-refractivity contribution < 1.29 is 9.53 Å². The third kappa shape index (κ3) is 3.69. The number of ketones is 1. The lowest BCUT2D eigenvalue weighted by molar-refractivity contribution is 0.0817. The number of rotatable bonds is 4. The van der Waals surface area contributed by atoms with Crippen molar-refractivity contribution in [3.63, 3.8) is 0 Å². The lowest BCUT2D eigenvalue weighted by Gasteiger charge is -2.13. The monoisotopic (exact) mass is 295 g/mol. The summed E-state index contributed by atoms with van der Waals surface area (Å²) in [6, 6.07) is 8.36. The van der Waals surface area contributed by atoms with E-state index < -0.39 is 6.10 Å². The number of benzene rings is 1. The molecule has 98 valence electrons. The molecule has 0 fully saturated rings. The minimum atomic E-state index is -0.640. The van der Waals surface area contributed by atoms with Gasteiger partial charge >= 0.3 is 0 Å². The van der Waals surface area contributed by atoms with Gasteiger partial charge in [-0.25, -0.2) is 0 Å². The summed E-state index contributed by atoms with van der Waals surface area (Å²) in [6.07, 6.45) is 2.37. The van der Waals surface area contributed by atoms with Crippen LogP contribution >= 0.6 is 23.2 Å². The molecule has 1 heterocycles. The van der Waals surface area contributed by atoms with Gasteiger partial charge in [-0.1, -0.05) is 35.3 Å². The smallest absolute Gasteiger partial charge is 0.203 e. The van der Waals surface area contributed by atoms with Crippen molar-refractivity contribution in [2.75, 3.05) is 0 Å². The van der Waals surface area contributed by atoms with Crippen molar-refractivity contribution in [2.45, 2.75) is 13.0 Å². The molecule has 0 bridgehead atoms. The summed E-state index contributed by atoms with van der Waals surface area (Å²) >= 11 is 11.7. The Bertz CT molecular complexity index is 602. The lowest BCUT2D eigenvalue weighted by Crippen LogP contribution is -2.23. The molecule has 1 atom stereocenters. The first-order valence-electron chi connectivity index (χ1n) is 5.63. The van der Waals surface area contributed by atoms with E-state index in [1.165, 1.54) is 12.4 Å². The molecule has 0 aliphatic rings. The quantitative estimate of drug-likeness (QED) is 0.799. The third-order valence-corrected chi connectivity index (χ3v) is 2.91. The second-order valence-electron chi connectivity index (χ2n) is 3.97. The van der Waals surface area contributed by atoms with Crippen LogP contribution in [0.15, 0.2) is 42.7 Å². The molecule has 1 aromatic carbocycles. The number of Topliss-reactive ketones (excluding diaryl/α,β-unsaturated/α-hetero) is 1. The van der Waals surface area contributed by atoms with Gasteiger partial charge in [0, 0.05) is 22.8 Å². The van der Waals surface area contributed by atoms with Crippen LogP contribution in [0, 0.1) is 0 Å². The Kier molecular flexibility index (Phi) is 4.40. The highest BCUT2D eigenvalue weighted by atomic mass is 35.5. The fourth-order valence-corrected chi connectivity index (χ4v) is 1.95. The number of nitrogens with zero attached hydrogens (tertiary/aromatic N) is 1. The molecular weight excluding hydrogens is 285 g/mol. The van der Waals surface area contributed by atoms with Crippen molar-refractivity contribution in [3.05, 3.63) is 58.3 Å². The number of aromatic nitrogens is 1. The van der Waals surface area contributed by atoms with Gasteiger partial charge in [-0.2, -0.15) is 0 Å². The van der Waals surface area contributed by atoms with Crippen molar-refractivity contribution in [3.8, 4) is 5.75 Å². The highest BCUT2D eigenvalue weighted by Crippen LogP contribution is 2.19. The van der Waals surface area contributed by atoms with E-state index in [0.29, 0.717) is 21.4 Å². The molecule has 0 radical (unpaired) electrons. The van der Waals surface area contributed by atoms with Gasteiger partial charge in [-0.05, 0) is 19.1 Å². The molecule has 1 unspecified atom stereocenters. The Morgan fingerprint density at radius 1 is 1.21 bits per heavy atom. The number of carbonyl (C=O) groups excluding carboxylic acids is 1. The standard InChI is InChI=1S/C14H11Cl2NO2/c1-9(19-13-6-12(16)7-17-8-13)14(18)10-3-2-4-11(15)5-10/h2-9H,1H3. The van der Waals surface area contributed by atoms with Gasteiger partial charge in [-0.3, -0.25) is 9.78 Å². The summed E-state index contributed by atoms with van der Waals surface area (Å²) in [5.74, 6) is 0.304. The summed E-state index contributed by atoms with van der Waals surface area (Å²) in [7, 11) is 0. The van der Waals surface area contributed by atoms with Crippen LogP contribution in [0.4, 0.5) is 0 Å². The summed E-state index contributed by atoms with van der Waals surface area (Å²) in [6.45, 7) is 1.67. The molecule has 0 saturated carbocycles. The van der Waals surface area contributed by atoms with Crippen molar-refractivity contribution in [1.29, 1.82) is 0 Å². The molecule has 0 saturated heterocycles. The Labute approximate surface area is 121 Å². The molecule has 2 aromatic rings. The van der Waals surface area contributed by atoms with E-state index in [4.69, 9.17) is 27.9 Å². The summed E-state index contributed by atoms with van der Waals surface area (Å²) in [5.41, 5.74) is 0.509. The van der Waals surface area contributed by atoms with E-state index in [2.05, 4.69) is 4.98 Å². The number of halogens is 2. The van der Waals surface area contributed by atoms with Crippen LogP contribution in [-0.2, 0) is 0 Å². The van der Waals surface area contributed by atoms with Gasteiger partial charge in [0.2, 0.25) is 5.78 Å². The molecule has 1 aromatic heterocycles. The average Bonchev–Trinajstić information content (AvgIpc) is 2.38. The fourth-order valence-electron chi connectivity index (χ4n) is 1.59. The normalized spacial score (nSPS) is 11.9. The highest BCUT2D eigenvalue weighted by molar-refractivity contribution is 6.31. The van der Waals surface area contributed by atoms with E-state index >= 15 is 0 Å². The van der Waals surface area contributed by atoms with Crippen LogP contribution in [0.2, 0.25) is 10.0 Å². The van der Waals surface area contributed by atoms with Gasteiger partial charge in [0.25, 0.3) is 0 Å². The molecule has 2 rings (SSSR count). The molecule has 0 aliphatic heterocycles. The minimum absolute atomic E-state index is 0.150. The Hall–Kier alpha value is -1.58. The lowest BCUT2D eigenvalue weighted by atomic mass is 10.1.